The van der Waals surface area contributed by atoms with Gasteiger partial charge in [-0.15, -0.1) is 0 Å². The number of nitrogens with zero attached hydrogens (tertiary/aromatic N) is 1. The minimum absolute atomic E-state index is 0.581. The zero-order valence-electron chi connectivity index (χ0n) is 11.5. The van der Waals surface area contributed by atoms with Crippen LogP contribution in [0, 0.1) is 11.8 Å². The molecule has 100 valence electrons. The van der Waals surface area contributed by atoms with Crippen molar-refractivity contribution in [3.05, 3.63) is 0 Å². The molecule has 0 radical (unpaired) electrons. The molecule has 3 heteroatoms. The third kappa shape index (κ3) is 7.24. The molecular weight excluding hydrogens is 210 g/mol. The van der Waals surface area contributed by atoms with Crippen LogP contribution in [-0.2, 0) is 0 Å². The molecule has 0 heterocycles. The van der Waals surface area contributed by atoms with Gasteiger partial charge in [0, 0.05) is 13.1 Å². The molecule has 17 heavy (non-hydrogen) atoms. The first-order chi connectivity index (χ1) is 8.18. The fourth-order valence-corrected chi connectivity index (χ4v) is 2.42. The maximum Gasteiger partial charge on any atom is 0.188 e. The molecule has 0 spiro atoms. The quantitative estimate of drug-likeness (QED) is 0.425. The van der Waals surface area contributed by atoms with Gasteiger partial charge in [-0.25, -0.2) is 0 Å². The first kappa shape index (κ1) is 14.3. The summed E-state index contributed by atoms with van der Waals surface area (Å²) in [6.45, 7) is 6.10. The Morgan fingerprint density at radius 3 is 2.65 bits per heavy atom. The van der Waals surface area contributed by atoms with Crippen LogP contribution in [0.5, 0.6) is 0 Å². The largest absolute Gasteiger partial charge is 0.370 e. The number of hydrogen-bond acceptors (Lipinski definition) is 1. The Labute approximate surface area is 106 Å². The van der Waals surface area contributed by atoms with Gasteiger partial charge >= 0.3 is 0 Å². The second-order valence-electron chi connectivity index (χ2n) is 5.69. The smallest absolute Gasteiger partial charge is 0.188 e. The maximum absolute atomic E-state index is 5.78. The minimum Gasteiger partial charge on any atom is -0.370 e. The molecule has 0 aromatic heterocycles. The van der Waals surface area contributed by atoms with Gasteiger partial charge in [0.15, 0.2) is 5.96 Å². The summed E-state index contributed by atoms with van der Waals surface area (Å²) in [5, 5.41) is 3.21. The number of guanidine groups is 1. The molecule has 1 saturated carbocycles. The van der Waals surface area contributed by atoms with Crippen LogP contribution in [0.25, 0.3) is 0 Å². The molecule has 0 aliphatic heterocycles. The Morgan fingerprint density at radius 1 is 1.29 bits per heavy atom. The lowest BCUT2D eigenvalue weighted by molar-refractivity contribution is 0.332. The second kappa shape index (κ2) is 8.37. The SMILES string of the molecule is CC(C)CN=C(N)NCCCC1CCCCC1. The van der Waals surface area contributed by atoms with E-state index in [9.17, 15) is 0 Å². The molecule has 0 aromatic rings. The highest BCUT2D eigenvalue weighted by Gasteiger charge is 2.12. The number of nitrogens with one attached hydrogen (secondary N) is 1. The highest BCUT2D eigenvalue weighted by molar-refractivity contribution is 5.77. The normalized spacial score (nSPS) is 18.6. The van der Waals surface area contributed by atoms with Gasteiger partial charge in [0.2, 0.25) is 0 Å². The highest BCUT2D eigenvalue weighted by atomic mass is 15.1. The second-order valence-corrected chi connectivity index (χ2v) is 5.69. The van der Waals surface area contributed by atoms with Gasteiger partial charge in [-0.3, -0.25) is 4.99 Å². The lowest BCUT2D eigenvalue weighted by Crippen LogP contribution is -2.33. The molecule has 0 saturated heterocycles. The van der Waals surface area contributed by atoms with Crippen molar-refractivity contribution in [2.75, 3.05) is 13.1 Å². The first-order valence-corrected chi connectivity index (χ1v) is 7.22. The monoisotopic (exact) mass is 239 g/mol. The minimum atomic E-state index is 0.581. The number of nitrogens with two attached hydrogens (primary N) is 1. The van der Waals surface area contributed by atoms with Gasteiger partial charge < -0.3 is 11.1 Å². The molecule has 3 nitrogen and oxygen atoms in total. The molecule has 3 N–H and O–H groups in total. The van der Waals surface area contributed by atoms with Crippen molar-refractivity contribution in [3.8, 4) is 0 Å². The van der Waals surface area contributed by atoms with Crippen molar-refractivity contribution in [2.45, 2.75) is 58.8 Å². The summed E-state index contributed by atoms with van der Waals surface area (Å²) in [5.41, 5.74) is 5.78. The van der Waals surface area contributed by atoms with Crippen molar-refractivity contribution in [1.82, 2.24) is 5.32 Å². The van der Waals surface area contributed by atoms with E-state index in [1.54, 1.807) is 0 Å². The topological polar surface area (TPSA) is 50.4 Å². The van der Waals surface area contributed by atoms with Crippen molar-refractivity contribution < 1.29 is 0 Å². The van der Waals surface area contributed by atoms with Crippen molar-refractivity contribution >= 4 is 5.96 Å². The third-order valence-electron chi connectivity index (χ3n) is 3.45. The van der Waals surface area contributed by atoms with E-state index in [4.69, 9.17) is 5.73 Å². The Morgan fingerprint density at radius 2 is 2.00 bits per heavy atom. The van der Waals surface area contributed by atoms with E-state index in [2.05, 4.69) is 24.2 Å². The van der Waals surface area contributed by atoms with Crippen LogP contribution in [0.2, 0.25) is 0 Å². The van der Waals surface area contributed by atoms with E-state index in [1.165, 1.54) is 44.9 Å². The molecule has 0 unspecified atom stereocenters. The summed E-state index contributed by atoms with van der Waals surface area (Å²) >= 11 is 0. The Balaban J connectivity index is 2.01. The average molecular weight is 239 g/mol. The highest BCUT2D eigenvalue weighted by Crippen LogP contribution is 2.26. The summed E-state index contributed by atoms with van der Waals surface area (Å²) in [6.07, 6.45) is 9.79. The molecular formula is C14H29N3. The third-order valence-corrected chi connectivity index (χ3v) is 3.45. The Bertz CT molecular complexity index is 218. The van der Waals surface area contributed by atoms with E-state index in [0.717, 1.165) is 19.0 Å². The Hall–Kier alpha value is -0.730. The predicted molar refractivity (Wildman–Crippen MR) is 75.1 cm³/mol. The molecule has 1 fully saturated rings. The summed E-state index contributed by atoms with van der Waals surface area (Å²) in [7, 11) is 0. The zero-order chi connectivity index (χ0) is 12.5. The van der Waals surface area contributed by atoms with Crippen LogP contribution < -0.4 is 11.1 Å². The van der Waals surface area contributed by atoms with Crippen molar-refractivity contribution in [3.63, 3.8) is 0 Å². The molecule has 1 aliphatic rings. The van der Waals surface area contributed by atoms with Crippen molar-refractivity contribution in [1.29, 1.82) is 0 Å². The van der Waals surface area contributed by atoms with E-state index in [0.29, 0.717) is 11.9 Å². The number of hydrogen-bond donors (Lipinski definition) is 2. The lowest BCUT2D eigenvalue weighted by Gasteiger charge is -2.21. The van der Waals surface area contributed by atoms with Gasteiger partial charge in [0.25, 0.3) is 0 Å². The van der Waals surface area contributed by atoms with Crippen LogP contribution in [0.1, 0.15) is 58.8 Å². The summed E-state index contributed by atoms with van der Waals surface area (Å²) < 4.78 is 0. The number of rotatable bonds is 6. The first-order valence-electron chi connectivity index (χ1n) is 7.22. The fraction of sp³-hybridized carbons (Fsp3) is 0.929. The summed E-state index contributed by atoms with van der Waals surface area (Å²) in [6, 6.07) is 0. The number of aliphatic imine (C=N–C) groups is 1. The van der Waals surface area contributed by atoms with Gasteiger partial charge in [-0.1, -0.05) is 46.0 Å². The van der Waals surface area contributed by atoms with E-state index in [-0.39, 0.29) is 0 Å². The molecule has 1 rings (SSSR count). The molecule has 1 aliphatic carbocycles. The molecule has 0 aromatic carbocycles. The van der Waals surface area contributed by atoms with Crippen LogP contribution in [0.15, 0.2) is 4.99 Å². The summed E-state index contributed by atoms with van der Waals surface area (Å²) in [5.74, 6) is 2.17. The predicted octanol–water partition coefficient (Wildman–Crippen LogP) is 2.91. The van der Waals surface area contributed by atoms with E-state index in [1.807, 2.05) is 0 Å². The molecule has 0 atom stereocenters. The van der Waals surface area contributed by atoms with Crippen LogP contribution in [0.3, 0.4) is 0 Å². The van der Waals surface area contributed by atoms with Gasteiger partial charge in [0.1, 0.15) is 0 Å². The van der Waals surface area contributed by atoms with Crippen LogP contribution >= 0.6 is 0 Å². The van der Waals surface area contributed by atoms with Crippen LogP contribution in [-0.4, -0.2) is 19.0 Å². The summed E-state index contributed by atoms with van der Waals surface area (Å²) in [4.78, 5) is 4.29. The van der Waals surface area contributed by atoms with Crippen LogP contribution in [0.4, 0.5) is 0 Å². The fourth-order valence-electron chi connectivity index (χ4n) is 2.42. The van der Waals surface area contributed by atoms with Crippen molar-refractivity contribution in [2.24, 2.45) is 22.6 Å². The van der Waals surface area contributed by atoms with E-state index >= 15 is 0 Å². The van der Waals surface area contributed by atoms with Gasteiger partial charge in [0.05, 0.1) is 0 Å². The molecule has 0 amide bonds. The van der Waals surface area contributed by atoms with Gasteiger partial charge in [-0.05, 0) is 24.7 Å². The molecule has 0 bridgehead atoms. The Kier molecular flexibility index (Phi) is 7.06. The standard InChI is InChI=1S/C14H29N3/c1-12(2)11-17-14(15)16-10-6-9-13-7-4-3-5-8-13/h12-13H,3-11H2,1-2H3,(H3,15,16,17). The van der Waals surface area contributed by atoms with E-state index < -0.39 is 0 Å². The average Bonchev–Trinajstić information content (AvgIpc) is 2.33. The zero-order valence-corrected chi connectivity index (χ0v) is 11.5. The maximum atomic E-state index is 5.78. The van der Waals surface area contributed by atoms with Gasteiger partial charge in [-0.2, -0.15) is 0 Å². The lowest BCUT2D eigenvalue weighted by atomic mass is 9.86.